The summed E-state index contributed by atoms with van der Waals surface area (Å²) >= 11 is 0. The van der Waals surface area contributed by atoms with Gasteiger partial charge in [0.05, 0.1) is 6.54 Å². The average molecular weight is 553 g/mol. The predicted molar refractivity (Wildman–Crippen MR) is 151 cm³/mol. The lowest BCUT2D eigenvalue weighted by atomic mass is 9.76. The average Bonchev–Trinajstić information content (AvgIpc) is 3.07. The van der Waals surface area contributed by atoms with Gasteiger partial charge in [-0.1, -0.05) is 66.7 Å². The number of para-hydroxylation sites is 1. The van der Waals surface area contributed by atoms with Crippen molar-refractivity contribution in [2.24, 2.45) is 0 Å². The van der Waals surface area contributed by atoms with E-state index in [1.54, 1.807) is 56.3 Å². The van der Waals surface area contributed by atoms with Crippen molar-refractivity contribution in [1.82, 2.24) is 15.3 Å². The first-order valence-electron chi connectivity index (χ1n) is 12.9. The highest BCUT2D eigenvalue weighted by Gasteiger charge is 2.52. The molecule has 10 nitrogen and oxygen atoms in total. The fraction of sp³-hybridized carbons (Fsp3) is 0.194. The largest absolute Gasteiger partial charge is 0.480 e. The molecule has 5 rings (SSSR count). The zero-order valence-corrected chi connectivity index (χ0v) is 22.4. The van der Waals surface area contributed by atoms with Crippen LogP contribution in [0.15, 0.2) is 84.9 Å². The van der Waals surface area contributed by atoms with E-state index < -0.39 is 36.0 Å². The van der Waals surface area contributed by atoms with E-state index in [0.29, 0.717) is 22.5 Å². The minimum atomic E-state index is -1.67. The van der Waals surface area contributed by atoms with Crippen molar-refractivity contribution in [2.75, 3.05) is 18.0 Å². The van der Waals surface area contributed by atoms with Crippen molar-refractivity contribution < 1.29 is 29.3 Å². The topological polar surface area (TPSA) is 142 Å². The second kappa shape index (κ2) is 11.2. The number of nitrogens with zero attached hydrogens (tertiary/aromatic N) is 3. The lowest BCUT2D eigenvalue weighted by molar-refractivity contribution is -0.149. The minimum absolute atomic E-state index is 0.134. The highest BCUT2D eigenvalue weighted by molar-refractivity contribution is 6.01. The summed E-state index contributed by atoms with van der Waals surface area (Å²) in [6.07, 6.45) is -1.67. The molecule has 0 saturated carbocycles. The van der Waals surface area contributed by atoms with Crippen molar-refractivity contribution in [2.45, 2.75) is 25.5 Å². The smallest absolute Gasteiger partial charge is 0.347 e. The molecule has 1 aliphatic heterocycles. The molecule has 0 spiro atoms. The Balaban J connectivity index is 1.80. The Hall–Kier alpha value is -5.09. The van der Waals surface area contributed by atoms with E-state index in [-0.39, 0.29) is 18.2 Å². The Morgan fingerprint density at radius 1 is 0.927 bits per heavy atom. The van der Waals surface area contributed by atoms with Crippen LogP contribution in [-0.2, 0) is 19.9 Å². The normalized spacial score (nSPS) is 17.3. The van der Waals surface area contributed by atoms with Gasteiger partial charge in [0.25, 0.3) is 0 Å². The van der Waals surface area contributed by atoms with Crippen molar-refractivity contribution in [1.29, 1.82) is 0 Å². The number of fused-ring (bicyclic) bond motifs is 1. The van der Waals surface area contributed by atoms with Crippen LogP contribution in [-0.4, -0.2) is 57.2 Å². The molecular weight excluding hydrogens is 524 g/mol. The first-order chi connectivity index (χ1) is 19.7. The van der Waals surface area contributed by atoms with Crippen LogP contribution in [0.4, 0.5) is 5.69 Å². The molecule has 2 unspecified atom stereocenters. The number of benzene rings is 3. The number of carbonyl (C=O) groups is 3. The Morgan fingerprint density at radius 3 is 2.27 bits per heavy atom. The molecule has 0 radical (unpaired) electrons. The van der Waals surface area contributed by atoms with Gasteiger partial charge < -0.3 is 14.9 Å². The first-order valence-corrected chi connectivity index (χ1v) is 12.9. The van der Waals surface area contributed by atoms with E-state index in [4.69, 9.17) is 4.74 Å². The van der Waals surface area contributed by atoms with Crippen molar-refractivity contribution in [3.05, 3.63) is 107 Å². The van der Waals surface area contributed by atoms with Crippen LogP contribution in [0.1, 0.15) is 22.5 Å². The summed E-state index contributed by atoms with van der Waals surface area (Å²) in [6.45, 7) is 2.53. The van der Waals surface area contributed by atoms with Crippen molar-refractivity contribution in [3.63, 3.8) is 0 Å². The highest BCUT2D eigenvalue weighted by Crippen LogP contribution is 2.43. The molecule has 3 N–H and O–H groups in total. The van der Waals surface area contributed by atoms with Gasteiger partial charge in [0.1, 0.15) is 12.1 Å². The molecule has 41 heavy (non-hydrogen) atoms. The van der Waals surface area contributed by atoms with Crippen LogP contribution in [0.5, 0.6) is 6.01 Å². The van der Waals surface area contributed by atoms with Crippen LogP contribution in [0, 0.1) is 13.8 Å². The number of aromatic nitrogens is 2. The Bertz CT molecular complexity index is 1610. The van der Waals surface area contributed by atoms with Crippen molar-refractivity contribution >= 4 is 23.5 Å². The molecule has 10 heteroatoms. The SMILES string of the molecule is Cc1cc(C)nc(OC(C(=O)O)C2(c3cccc(-c4ccccc4)c3)NCC(=O)N(CC(=O)O)c3ccccc32)n1. The third-order valence-corrected chi connectivity index (χ3v) is 6.96. The lowest BCUT2D eigenvalue weighted by Gasteiger charge is -2.39. The molecule has 3 aromatic carbocycles. The second-order valence-electron chi connectivity index (χ2n) is 9.77. The van der Waals surface area contributed by atoms with Gasteiger partial charge >= 0.3 is 17.9 Å². The summed E-state index contributed by atoms with van der Waals surface area (Å²) in [5.41, 5.74) is 2.33. The molecule has 4 aromatic rings. The van der Waals surface area contributed by atoms with Gasteiger partial charge in [-0.3, -0.25) is 19.8 Å². The third-order valence-electron chi connectivity index (χ3n) is 6.96. The number of carboxylic acids is 2. The van der Waals surface area contributed by atoms with E-state index in [2.05, 4.69) is 15.3 Å². The first kappa shape index (κ1) is 27.5. The van der Waals surface area contributed by atoms with Gasteiger partial charge in [-0.25, -0.2) is 14.8 Å². The molecule has 1 aromatic heterocycles. The summed E-state index contributed by atoms with van der Waals surface area (Å²) in [4.78, 5) is 48.0. The minimum Gasteiger partial charge on any atom is -0.480 e. The number of amides is 1. The molecule has 0 saturated heterocycles. The molecule has 1 amide bonds. The monoisotopic (exact) mass is 552 g/mol. The number of carbonyl (C=O) groups excluding carboxylic acids is 1. The second-order valence-corrected chi connectivity index (χ2v) is 9.77. The molecule has 2 heterocycles. The standard InChI is InChI=1S/C31H28N4O6/c1-19-15-20(2)34-30(33-19)41-28(29(39)40)31(23-12-8-11-22(16-23)21-9-4-3-5-10-21)24-13-6-7-14-25(24)35(18-27(37)38)26(36)17-32-31/h3-16,28,32H,17-18H2,1-2H3,(H,37,38)(H,39,40). The van der Waals surface area contributed by atoms with Crippen LogP contribution in [0.25, 0.3) is 11.1 Å². The van der Waals surface area contributed by atoms with Gasteiger partial charge in [0.15, 0.2) is 0 Å². The van der Waals surface area contributed by atoms with E-state index >= 15 is 0 Å². The quantitative estimate of drug-likeness (QED) is 0.299. The maximum Gasteiger partial charge on any atom is 0.347 e. The third kappa shape index (κ3) is 5.37. The fourth-order valence-electron chi connectivity index (χ4n) is 5.28. The van der Waals surface area contributed by atoms with Crippen LogP contribution in [0.2, 0.25) is 0 Å². The Kier molecular flexibility index (Phi) is 7.50. The van der Waals surface area contributed by atoms with Gasteiger partial charge in [0.2, 0.25) is 12.0 Å². The zero-order valence-electron chi connectivity index (χ0n) is 22.4. The number of aryl methyl sites for hydroxylation is 2. The number of nitrogens with one attached hydrogen (secondary N) is 1. The van der Waals surface area contributed by atoms with E-state index in [0.717, 1.165) is 16.0 Å². The van der Waals surface area contributed by atoms with Crippen LogP contribution < -0.4 is 15.0 Å². The number of hydrogen-bond donors (Lipinski definition) is 3. The molecule has 0 aliphatic carbocycles. The Morgan fingerprint density at radius 2 is 1.59 bits per heavy atom. The molecule has 208 valence electrons. The van der Waals surface area contributed by atoms with Gasteiger partial charge in [-0.05, 0) is 48.7 Å². The van der Waals surface area contributed by atoms with Gasteiger partial charge in [-0.2, -0.15) is 0 Å². The molecule has 0 bridgehead atoms. The van der Waals surface area contributed by atoms with Crippen LogP contribution in [0.3, 0.4) is 0 Å². The predicted octanol–water partition coefficient (Wildman–Crippen LogP) is 3.56. The molecule has 1 aliphatic rings. The summed E-state index contributed by atoms with van der Waals surface area (Å²) in [6, 6.07) is 25.1. The lowest BCUT2D eigenvalue weighted by Crippen LogP contribution is -2.58. The van der Waals surface area contributed by atoms with Gasteiger partial charge in [-0.15, -0.1) is 0 Å². The maximum atomic E-state index is 13.3. The number of anilines is 1. The van der Waals surface area contributed by atoms with Crippen LogP contribution >= 0.6 is 0 Å². The summed E-state index contributed by atoms with van der Waals surface area (Å²) in [5.74, 6) is -3.08. The van der Waals surface area contributed by atoms with Gasteiger partial charge in [0, 0.05) is 22.6 Å². The molecule has 2 atom stereocenters. The maximum absolute atomic E-state index is 13.3. The molecule has 0 fully saturated rings. The summed E-state index contributed by atoms with van der Waals surface area (Å²) in [7, 11) is 0. The summed E-state index contributed by atoms with van der Waals surface area (Å²) < 4.78 is 6.11. The summed E-state index contributed by atoms with van der Waals surface area (Å²) in [5, 5.41) is 23.5. The highest BCUT2D eigenvalue weighted by atomic mass is 16.5. The number of carboxylic acid groups (broad SMARTS) is 2. The number of hydrogen-bond acceptors (Lipinski definition) is 7. The van der Waals surface area contributed by atoms with Crippen molar-refractivity contribution in [3.8, 4) is 17.1 Å². The molecular formula is C31H28N4O6. The van der Waals surface area contributed by atoms with E-state index in [1.807, 2.05) is 42.5 Å². The zero-order chi connectivity index (χ0) is 29.1. The number of ether oxygens (including phenoxy) is 1. The fourth-order valence-corrected chi connectivity index (χ4v) is 5.28. The van der Waals surface area contributed by atoms with E-state index in [9.17, 15) is 24.6 Å². The Labute approximate surface area is 236 Å². The van der Waals surface area contributed by atoms with E-state index in [1.165, 1.54) is 0 Å². The number of rotatable bonds is 8. The number of aliphatic carboxylic acids is 2.